The summed E-state index contributed by atoms with van der Waals surface area (Å²) >= 11 is 3.19. The molecule has 1 aromatic heterocycles. The summed E-state index contributed by atoms with van der Waals surface area (Å²) < 4.78 is 5.80. The number of rotatable bonds is 4. The Morgan fingerprint density at radius 3 is 2.72 bits per heavy atom. The second-order valence-electron chi connectivity index (χ2n) is 5.27. The Morgan fingerprint density at radius 1 is 1.39 bits per heavy atom. The van der Waals surface area contributed by atoms with Crippen molar-refractivity contribution in [3.63, 3.8) is 0 Å². The fourth-order valence-corrected chi connectivity index (χ4v) is 2.84. The molecule has 0 aliphatic heterocycles. The molecule has 4 heteroatoms. The second-order valence-corrected chi connectivity index (χ2v) is 6.06. The van der Waals surface area contributed by atoms with Crippen molar-refractivity contribution in [3.8, 4) is 0 Å². The zero-order valence-corrected chi connectivity index (χ0v) is 12.3. The van der Waals surface area contributed by atoms with E-state index in [1.54, 1.807) is 12.1 Å². The van der Waals surface area contributed by atoms with Crippen molar-refractivity contribution in [2.75, 3.05) is 6.54 Å². The number of carbonyl (C=O) groups is 1. The SMILES string of the molecule is CC1CCC(CCNC(=O)c2ccc(Br)o2)CC1. The Labute approximate surface area is 116 Å². The number of amides is 1. The molecule has 1 aromatic rings. The van der Waals surface area contributed by atoms with Gasteiger partial charge in [0.1, 0.15) is 0 Å². The van der Waals surface area contributed by atoms with E-state index < -0.39 is 0 Å². The van der Waals surface area contributed by atoms with Crippen LogP contribution in [0.15, 0.2) is 21.2 Å². The van der Waals surface area contributed by atoms with Crippen molar-refractivity contribution in [1.82, 2.24) is 5.32 Å². The van der Waals surface area contributed by atoms with Crippen molar-refractivity contribution in [2.24, 2.45) is 11.8 Å². The molecule has 0 atom stereocenters. The highest BCUT2D eigenvalue weighted by molar-refractivity contribution is 9.10. The maximum Gasteiger partial charge on any atom is 0.287 e. The Bertz CT molecular complexity index is 394. The summed E-state index contributed by atoms with van der Waals surface area (Å²) in [7, 11) is 0. The van der Waals surface area contributed by atoms with Crippen LogP contribution in [0.5, 0.6) is 0 Å². The third kappa shape index (κ3) is 3.87. The van der Waals surface area contributed by atoms with Gasteiger partial charge >= 0.3 is 0 Å². The molecule has 1 N–H and O–H groups in total. The summed E-state index contributed by atoms with van der Waals surface area (Å²) in [6.45, 7) is 3.07. The first-order valence-electron chi connectivity index (χ1n) is 6.68. The van der Waals surface area contributed by atoms with E-state index in [9.17, 15) is 4.79 Å². The molecule has 1 aliphatic carbocycles. The summed E-state index contributed by atoms with van der Waals surface area (Å²) in [5, 5.41) is 2.92. The number of furan rings is 1. The van der Waals surface area contributed by atoms with Gasteiger partial charge in [0, 0.05) is 6.54 Å². The van der Waals surface area contributed by atoms with Gasteiger partial charge in [0.25, 0.3) is 5.91 Å². The van der Waals surface area contributed by atoms with E-state index in [4.69, 9.17) is 4.42 Å². The van der Waals surface area contributed by atoms with E-state index in [1.807, 2.05) is 0 Å². The van der Waals surface area contributed by atoms with Gasteiger partial charge in [0.05, 0.1) is 0 Å². The molecule has 0 aromatic carbocycles. The molecular weight excluding hydrogens is 294 g/mol. The molecule has 0 radical (unpaired) electrons. The van der Waals surface area contributed by atoms with Gasteiger partial charge in [-0.3, -0.25) is 4.79 Å². The summed E-state index contributed by atoms with van der Waals surface area (Å²) in [6, 6.07) is 3.42. The predicted molar refractivity (Wildman–Crippen MR) is 74.5 cm³/mol. The summed E-state index contributed by atoms with van der Waals surface area (Å²) in [6.07, 6.45) is 6.38. The number of nitrogens with one attached hydrogen (secondary N) is 1. The maximum absolute atomic E-state index is 11.7. The van der Waals surface area contributed by atoms with E-state index in [2.05, 4.69) is 28.2 Å². The van der Waals surface area contributed by atoms with Crippen LogP contribution >= 0.6 is 15.9 Å². The average molecular weight is 314 g/mol. The first kappa shape index (κ1) is 13.7. The van der Waals surface area contributed by atoms with Crippen molar-refractivity contribution in [3.05, 3.63) is 22.6 Å². The van der Waals surface area contributed by atoms with Crippen molar-refractivity contribution >= 4 is 21.8 Å². The Morgan fingerprint density at radius 2 is 2.11 bits per heavy atom. The summed E-state index contributed by atoms with van der Waals surface area (Å²) in [4.78, 5) is 11.7. The number of hydrogen-bond acceptors (Lipinski definition) is 2. The highest BCUT2D eigenvalue weighted by Crippen LogP contribution is 2.29. The standard InChI is InChI=1S/C14H20BrNO2/c1-10-2-4-11(5-3-10)8-9-16-14(17)12-6-7-13(15)18-12/h6-7,10-11H,2-5,8-9H2,1H3,(H,16,17). The second kappa shape index (κ2) is 6.41. The highest BCUT2D eigenvalue weighted by atomic mass is 79.9. The van der Waals surface area contributed by atoms with Gasteiger partial charge in [0.15, 0.2) is 10.4 Å². The number of carbonyl (C=O) groups excluding carboxylic acids is 1. The lowest BCUT2D eigenvalue weighted by molar-refractivity contribution is 0.0920. The van der Waals surface area contributed by atoms with Gasteiger partial charge in [-0.15, -0.1) is 0 Å². The Kier molecular flexibility index (Phi) is 4.87. The molecule has 18 heavy (non-hydrogen) atoms. The average Bonchev–Trinajstić information content (AvgIpc) is 2.78. The van der Waals surface area contributed by atoms with Crippen LogP contribution in [0.3, 0.4) is 0 Å². The molecule has 0 saturated heterocycles. The van der Waals surface area contributed by atoms with Crippen molar-refractivity contribution < 1.29 is 9.21 Å². The minimum atomic E-state index is -0.120. The molecule has 2 rings (SSSR count). The van der Waals surface area contributed by atoms with Gasteiger partial charge in [-0.1, -0.05) is 32.6 Å². The van der Waals surface area contributed by atoms with Crippen LogP contribution in [0.1, 0.15) is 49.6 Å². The molecule has 1 saturated carbocycles. The maximum atomic E-state index is 11.7. The molecule has 1 fully saturated rings. The molecule has 0 unspecified atom stereocenters. The third-order valence-electron chi connectivity index (χ3n) is 3.77. The third-order valence-corrected chi connectivity index (χ3v) is 4.20. The highest BCUT2D eigenvalue weighted by Gasteiger charge is 2.18. The van der Waals surface area contributed by atoms with Gasteiger partial charge in [0.2, 0.25) is 0 Å². The summed E-state index contributed by atoms with van der Waals surface area (Å²) in [5.74, 6) is 1.92. The lowest BCUT2D eigenvalue weighted by atomic mass is 9.81. The van der Waals surface area contributed by atoms with Gasteiger partial charge in [-0.05, 0) is 46.3 Å². The first-order chi connectivity index (χ1) is 8.65. The van der Waals surface area contributed by atoms with Gasteiger partial charge in [-0.2, -0.15) is 0 Å². The van der Waals surface area contributed by atoms with Crippen LogP contribution in [-0.4, -0.2) is 12.5 Å². The van der Waals surface area contributed by atoms with E-state index >= 15 is 0 Å². The minimum Gasteiger partial charge on any atom is -0.444 e. The zero-order valence-electron chi connectivity index (χ0n) is 10.7. The lowest BCUT2D eigenvalue weighted by Crippen LogP contribution is -2.26. The quantitative estimate of drug-likeness (QED) is 0.913. The largest absolute Gasteiger partial charge is 0.444 e. The molecule has 100 valence electrons. The Hall–Kier alpha value is -0.770. The van der Waals surface area contributed by atoms with Gasteiger partial charge < -0.3 is 9.73 Å². The molecule has 3 nitrogen and oxygen atoms in total. The fraction of sp³-hybridized carbons (Fsp3) is 0.643. The topological polar surface area (TPSA) is 42.2 Å². The zero-order chi connectivity index (χ0) is 13.0. The smallest absolute Gasteiger partial charge is 0.287 e. The summed E-state index contributed by atoms with van der Waals surface area (Å²) in [5.41, 5.74) is 0. The van der Waals surface area contributed by atoms with E-state index in [0.717, 1.165) is 24.8 Å². The van der Waals surface area contributed by atoms with Crippen LogP contribution in [-0.2, 0) is 0 Å². The predicted octanol–water partition coefficient (Wildman–Crippen LogP) is 3.99. The first-order valence-corrected chi connectivity index (χ1v) is 7.48. The lowest BCUT2D eigenvalue weighted by Gasteiger charge is -2.25. The van der Waals surface area contributed by atoms with Crippen LogP contribution in [0.2, 0.25) is 0 Å². The number of halogens is 1. The molecular formula is C14H20BrNO2. The monoisotopic (exact) mass is 313 g/mol. The fourth-order valence-electron chi connectivity index (χ4n) is 2.53. The van der Waals surface area contributed by atoms with Crippen LogP contribution in [0.25, 0.3) is 0 Å². The normalized spacial score (nSPS) is 23.9. The number of hydrogen-bond donors (Lipinski definition) is 1. The molecule has 0 spiro atoms. The van der Waals surface area contributed by atoms with Crippen molar-refractivity contribution in [2.45, 2.75) is 39.0 Å². The van der Waals surface area contributed by atoms with E-state index in [0.29, 0.717) is 10.4 Å². The van der Waals surface area contributed by atoms with Crippen LogP contribution in [0.4, 0.5) is 0 Å². The minimum absolute atomic E-state index is 0.120. The van der Waals surface area contributed by atoms with E-state index in [-0.39, 0.29) is 5.91 Å². The molecule has 1 amide bonds. The Balaban J connectivity index is 1.67. The van der Waals surface area contributed by atoms with Gasteiger partial charge in [-0.25, -0.2) is 0 Å². The van der Waals surface area contributed by atoms with Crippen LogP contribution in [0, 0.1) is 11.8 Å². The van der Waals surface area contributed by atoms with Crippen LogP contribution < -0.4 is 5.32 Å². The molecule has 0 bridgehead atoms. The molecule has 1 heterocycles. The van der Waals surface area contributed by atoms with E-state index in [1.165, 1.54) is 25.7 Å². The van der Waals surface area contributed by atoms with Crippen molar-refractivity contribution in [1.29, 1.82) is 0 Å². The molecule has 1 aliphatic rings.